The summed E-state index contributed by atoms with van der Waals surface area (Å²) in [4.78, 5) is 35.5. The van der Waals surface area contributed by atoms with E-state index in [-0.39, 0.29) is 0 Å². The Balaban J connectivity index is 2.52. The number of thiophene rings is 1. The molecule has 0 atom stereocenters. The van der Waals surface area contributed by atoms with Crippen molar-refractivity contribution in [3.05, 3.63) is 21.4 Å². The standard InChI is InChI=1S/C13H18N2O4S/c1-4-5-9-6-10(20-8(9)2)12(17)19-7-11(16)15-13(18)14-3/h6H,4-5,7H2,1-3H3,(H2,14,15,16,18). The van der Waals surface area contributed by atoms with E-state index >= 15 is 0 Å². The molecule has 1 aromatic rings. The lowest BCUT2D eigenvalue weighted by atomic mass is 10.1. The molecule has 0 fully saturated rings. The minimum absolute atomic E-state index is 0.471. The molecule has 110 valence electrons. The van der Waals surface area contributed by atoms with Crippen LogP contribution in [0.1, 0.15) is 33.5 Å². The molecule has 0 radical (unpaired) electrons. The predicted octanol–water partition coefficient (Wildman–Crippen LogP) is 1.62. The predicted molar refractivity (Wildman–Crippen MR) is 75.9 cm³/mol. The largest absolute Gasteiger partial charge is 0.451 e. The van der Waals surface area contributed by atoms with Gasteiger partial charge in [0.2, 0.25) is 0 Å². The summed E-state index contributed by atoms with van der Waals surface area (Å²) >= 11 is 1.35. The van der Waals surface area contributed by atoms with Gasteiger partial charge < -0.3 is 10.1 Å². The molecule has 0 aliphatic rings. The van der Waals surface area contributed by atoms with Crippen molar-refractivity contribution in [2.75, 3.05) is 13.7 Å². The SMILES string of the molecule is CCCc1cc(C(=O)OCC(=O)NC(=O)NC)sc1C. The third-order valence-electron chi connectivity index (χ3n) is 2.56. The molecule has 0 spiro atoms. The van der Waals surface area contributed by atoms with Gasteiger partial charge in [-0.05, 0) is 25.0 Å². The summed E-state index contributed by atoms with van der Waals surface area (Å²) in [6.07, 6.45) is 1.91. The Morgan fingerprint density at radius 2 is 2.05 bits per heavy atom. The van der Waals surface area contributed by atoms with Crippen molar-refractivity contribution in [1.29, 1.82) is 0 Å². The number of imide groups is 1. The fourth-order valence-corrected chi connectivity index (χ4v) is 2.53. The molecule has 6 nitrogen and oxygen atoms in total. The molecule has 20 heavy (non-hydrogen) atoms. The van der Waals surface area contributed by atoms with Crippen molar-refractivity contribution in [2.24, 2.45) is 0 Å². The number of esters is 1. The maximum absolute atomic E-state index is 11.8. The van der Waals surface area contributed by atoms with Gasteiger partial charge in [-0.1, -0.05) is 13.3 Å². The van der Waals surface area contributed by atoms with E-state index in [0.29, 0.717) is 4.88 Å². The van der Waals surface area contributed by atoms with Gasteiger partial charge in [-0.25, -0.2) is 9.59 Å². The Hall–Kier alpha value is -1.89. The van der Waals surface area contributed by atoms with E-state index in [2.05, 4.69) is 12.2 Å². The van der Waals surface area contributed by atoms with Crippen LogP contribution in [0.5, 0.6) is 0 Å². The van der Waals surface area contributed by atoms with Gasteiger partial charge in [0.15, 0.2) is 6.61 Å². The smallest absolute Gasteiger partial charge is 0.348 e. The number of carbonyl (C=O) groups excluding carboxylic acids is 3. The molecule has 2 N–H and O–H groups in total. The minimum atomic E-state index is -0.667. The van der Waals surface area contributed by atoms with Gasteiger partial charge in [0.25, 0.3) is 5.91 Å². The Bertz CT molecular complexity index is 510. The zero-order valence-corrected chi connectivity index (χ0v) is 12.6. The van der Waals surface area contributed by atoms with E-state index in [4.69, 9.17) is 4.74 Å². The molecule has 0 bridgehead atoms. The first-order valence-electron chi connectivity index (χ1n) is 6.25. The number of hydrogen-bond donors (Lipinski definition) is 2. The number of amides is 3. The summed E-state index contributed by atoms with van der Waals surface area (Å²) in [7, 11) is 1.39. The van der Waals surface area contributed by atoms with Gasteiger partial charge in [0, 0.05) is 11.9 Å². The van der Waals surface area contributed by atoms with Crippen molar-refractivity contribution in [3.63, 3.8) is 0 Å². The number of nitrogens with one attached hydrogen (secondary N) is 2. The number of ether oxygens (including phenoxy) is 1. The van der Waals surface area contributed by atoms with Gasteiger partial charge in [0.05, 0.1) is 0 Å². The second kappa shape index (κ2) is 7.64. The molecule has 1 aromatic heterocycles. The Labute approximate surface area is 121 Å². The fraction of sp³-hybridized carbons (Fsp3) is 0.462. The van der Waals surface area contributed by atoms with Gasteiger partial charge in [0.1, 0.15) is 4.88 Å². The van der Waals surface area contributed by atoms with E-state index in [9.17, 15) is 14.4 Å². The fourth-order valence-electron chi connectivity index (χ4n) is 1.57. The molecular formula is C13H18N2O4S. The molecule has 0 aromatic carbocycles. The number of aryl methyl sites for hydroxylation is 2. The van der Waals surface area contributed by atoms with E-state index in [0.717, 1.165) is 23.3 Å². The number of urea groups is 1. The molecule has 1 heterocycles. The molecule has 0 saturated carbocycles. The highest BCUT2D eigenvalue weighted by Crippen LogP contribution is 2.23. The normalized spacial score (nSPS) is 9.95. The van der Waals surface area contributed by atoms with Crippen molar-refractivity contribution < 1.29 is 19.1 Å². The summed E-state index contributed by atoms with van der Waals surface area (Å²) in [5.74, 6) is -1.22. The molecule has 0 saturated heterocycles. The monoisotopic (exact) mass is 298 g/mol. The van der Waals surface area contributed by atoms with Crippen LogP contribution >= 0.6 is 11.3 Å². The average molecular weight is 298 g/mol. The van der Waals surface area contributed by atoms with Crippen molar-refractivity contribution in [3.8, 4) is 0 Å². The number of carbonyl (C=O) groups is 3. The third-order valence-corrected chi connectivity index (χ3v) is 3.63. The van der Waals surface area contributed by atoms with Crippen LogP contribution in [0.25, 0.3) is 0 Å². The summed E-state index contributed by atoms with van der Waals surface area (Å²) < 4.78 is 4.86. The highest BCUT2D eigenvalue weighted by Gasteiger charge is 2.15. The topological polar surface area (TPSA) is 84.5 Å². The first kappa shape index (κ1) is 16.2. The minimum Gasteiger partial charge on any atom is -0.451 e. The summed E-state index contributed by atoms with van der Waals surface area (Å²) in [5, 5.41) is 4.24. The lowest BCUT2D eigenvalue weighted by molar-refractivity contribution is -0.123. The summed E-state index contributed by atoms with van der Waals surface area (Å²) in [5.41, 5.74) is 1.12. The van der Waals surface area contributed by atoms with E-state index in [1.807, 2.05) is 12.2 Å². The van der Waals surface area contributed by atoms with Crippen LogP contribution in [0, 0.1) is 6.92 Å². The maximum atomic E-state index is 11.8. The lowest BCUT2D eigenvalue weighted by Gasteiger charge is -2.03. The van der Waals surface area contributed by atoms with Crippen LogP contribution in [-0.4, -0.2) is 31.6 Å². The average Bonchev–Trinajstić information content (AvgIpc) is 2.78. The van der Waals surface area contributed by atoms with Gasteiger partial charge >= 0.3 is 12.0 Å². The van der Waals surface area contributed by atoms with Crippen LogP contribution in [0.3, 0.4) is 0 Å². The van der Waals surface area contributed by atoms with Crippen LogP contribution < -0.4 is 10.6 Å². The zero-order chi connectivity index (χ0) is 15.1. The Kier molecular flexibility index (Phi) is 6.17. The third kappa shape index (κ3) is 4.65. The number of hydrogen-bond acceptors (Lipinski definition) is 5. The first-order chi connectivity index (χ1) is 9.47. The van der Waals surface area contributed by atoms with E-state index < -0.39 is 24.5 Å². The maximum Gasteiger partial charge on any atom is 0.348 e. The lowest BCUT2D eigenvalue weighted by Crippen LogP contribution is -2.39. The second-order valence-corrected chi connectivity index (χ2v) is 5.40. The molecule has 7 heteroatoms. The molecule has 0 aliphatic carbocycles. The van der Waals surface area contributed by atoms with Gasteiger partial charge in [-0.3, -0.25) is 10.1 Å². The summed E-state index contributed by atoms with van der Waals surface area (Å²) in [6.45, 7) is 3.54. The van der Waals surface area contributed by atoms with Crippen LogP contribution in [0.4, 0.5) is 4.79 Å². The van der Waals surface area contributed by atoms with Crippen LogP contribution in [0.15, 0.2) is 6.07 Å². The van der Waals surface area contributed by atoms with Crippen molar-refractivity contribution in [2.45, 2.75) is 26.7 Å². The first-order valence-corrected chi connectivity index (χ1v) is 7.07. The Morgan fingerprint density at radius 1 is 1.35 bits per heavy atom. The zero-order valence-electron chi connectivity index (χ0n) is 11.7. The molecule has 3 amide bonds. The van der Waals surface area contributed by atoms with E-state index in [1.165, 1.54) is 18.4 Å². The van der Waals surface area contributed by atoms with Crippen LogP contribution in [-0.2, 0) is 16.0 Å². The molecule has 0 unspecified atom stereocenters. The molecule has 1 rings (SSSR count). The highest BCUT2D eigenvalue weighted by atomic mass is 32.1. The van der Waals surface area contributed by atoms with E-state index in [1.54, 1.807) is 6.07 Å². The van der Waals surface area contributed by atoms with Gasteiger partial charge in [-0.15, -0.1) is 11.3 Å². The highest BCUT2D eigenvalue weighted by molar-refractivity contribution is 7.14. The molecule has 0 aliphatic heterocycles. The van der Waals surface area contributed by atoms with Crippen LogP contribution in [0.2, 0.25) is 0 Å². The second-order valence-electron chi connectivity index (χ2n) is 4.15. The summed E-state index contributed by atoms with van der Waals surface area (Å²) in [6, 6.07) is 1.16. The Morgan fingerprint density at radius 3 is 2.65 bits per heavy atom. The van der Waals surface area contributed by atoms with Crippen molar-refractivity contribution >= 4 is 29.2 Å². The molecular weight excluding hydrogens is 280 g/mol. The quantitative estimate of drug-likeness (QED) is 0.809. The van der Waals surface area contributed by atoms with Gasteiger partial charge in [-0.2, -0.15) is 0 Å². The van der Waals surface area contributed by atoms with Crippen molar-refractivity contribution in [1.82, 2.24) is 10.6 Å². The number of rotatable bonds is 5.